The number of hydroxylamine groups is 2. The Balaban J connectivity index is 1.36. The van der Waals surface area contributed by atoms with Gasteiger partial charge in [0.15, 0.2) is 11.3 Å². The molecule has 2 saturated heterocycles. The van der Waals surface area contributed by atoms with E-state index in [-0.39, 0.29) is 30.6 Å². The van der Waals surface area contributed by atoms with Crippen molar-refractivity contribution >= 4 is 0 Å². The minimum Gasteiger partial charge on any atom is -0.590 e. The largest absolute Gasteiger partial charge is 0.590 e. The van der Waals surface area contributed by atoms with Gasteiger partial charge in [-0.2, -0.15) is 5.23 Å². The summed E-state index contributed by atoms with van der Waals surface area (Å²) in [5.74, 6) is 0.497. The molecule has 0 amide bonds. The maximum absolute atomic E-state index is 12.9. The van der Waals surface area contributed by atoms with Crippen molar-refractivity contribution in [1.82, 2.24) is 0 Å². The zero-order valence-corrected chi connectivity index (χ0v) is 16.5. The normalized spacial score (nSPS) is 23.2. The average molecular weight is 401 g/mol. The Bertz CT molecular complexity index is 743. The first-order valence-electron chi connectivity index (χ1n) is 9.89. The quantitative estimate of drug-likeness (QED) is 0.430. The number of rotatable bonds is 12. The highest BCUT2D eigenvalue weighted by Crippen LogP contribution is 2.21. The molecule has 0 saturated carbocycles. The Kier molecular flexibility index (Phi) is 6.44. The van der Waals surface area contributed by atoms with Crippen LogP contribution in [0.4, 0.5) is 0 Å². The molecule has 2 aromatic carbocycles. The van der Waals surface area contributed by atoms with Gasteiger partial charge in [0, 0.05) is 0 Å². The predicted molar refractivity (Wildman–Crippen MR) is 106 cm³/mol. The maximum atomic E-state index is 12.9. The van der Waals surface area contributed by atoms with E-state index in [1.54, 1.807) is 19.1 Å². The summed E-state index contributed by atoms with van der Waals surface area (Å²) in [6.07, 6.45) is 0.281. The molecule has 156 valence electrons. The monoisotopic (exact) mass is 401 g/mol. The summed E-state index contributed by atoms with van der Waals surface area (Å²) in [7, 11) is 0. The number of ether oxygens (including phenoxy) is 4. The van der Waals surface area contributed by atoms with E-state index in [1.807, 2.05) is 42.5 Å². The summed E-state index contributed by atoms with van der Waals surface area (Å²) in [5, 5.41) is 12.6. The van der Waals surface area contributed by atoms with Crippen LogP contribution >= 0.6 is 0 Å². The van der Waals surface area contributed by atoms with Gasteiger partial charge in [0.2, 0.25) is 0 Å². The van der Waals surface area contributed by atoms with E-state index in [0.29, 0.717) is 32.2 Å². The van der Waals surface area contributed by atoms with Crippen molar-refractivity contribution in [3.63, 3.8) is 0 Å². The second kappa shape index (κ2) is 9.21. The molecule has 0 bridgehead atoms. The lowest BCUT2D eigenvalue weighted by Gasteiger charge is -2.37. The highest BCUT2D eigenvalue weighted by atomic mass is 16.9. The second-order valence-corrected chi connectivity index (χ2v) is 7.78. The maximum Gasteiger partial charge on any atom is 0.190 e. The highest BCUT2D eigenvalue weighted by molar-refractivity contribution is 5.63. The number of benzene rings is 2. The molecular weight excluding hydrogens is 374 g/mol. The van der Waals surface area contributed by atoms with Gasteiger partial charge in [-0.15, -0.1) is 0 Å². The number of epoxide rings is 2. The number of nitrogens with one attached hydrogen (secondary N) is 1. The first kappa shape index (κ1) is 20.3. The molecule has 3 atom stereocenters. The van der Waals surface area contributed by atoms with Crippen LogP contribution in [0.1, 0.15) is 6.92 Å². The third kappa shape index (κ3) is 5.99. The molecule has 29 heavy (non-hydrogen) atoms. The molecule has 2 aliphatic heterocycles. The first-order valence-corrected chi connectivity index (χ1v) is 9.89. The van der Waals surface area contributed by atoms with E-state index in [9.17, 15) is 5.21 Å². The molecule has 2 aromatic rings. The smallest absolute Gasteiger partial charge is 0.190 e. The molecule has 1 N–H and O–H groups in total. The average Bonchev–Trinajstić information content (AvgIpc) is 3.65. The molecule has 2 fully saturated rings. The van der Waals surface area contributed by atoms with Crippen LogP contribution in [0, 0.1) is 5.21 Å². The fraction of sp³-hybridized carbons (Fsp3) is 0.455. The Morgan fingerprint density at radius 2 is 1.41 bits per heavy atom. The Labute approximate surface area is 170 Å². The van der Waals surface area contributed by atoms with Crippen molar-refractivity contribution in [2.45, 2.75) is 24.7 Å². The predicted octanol–water partition coefficient (Wildman–Crippen LogP) is 1.62. The van der Waals surface area contributed by atoms with E-state index < -0.39 is 5.54 Å². The summed E-state index contributed by atoms with van der Waals surface area (Å²) < 4.78 is 21.7. The molecule has 4 rings (SSSR count). The fourth-order valence-corrected chi connectivity index (χ4v) is 2.90. The van der Waals surface area contributed by atoms with Gasteiger partial charge in [-0.3, -0.25) is 0 Å². The van der Waals surface area contributed by atoms with Crippen molar-refractivity contribution in [2.75, 3.05) is 39.6 Å². The summed E-state index contributed by atoms with van der Waals surface area (Å²) in [6.45, 7) is 4.59. The van der Waals surface area contributed by atoms with Crippen LogP contribution in [0.5, 0.6) is 5.75 Å². The number of hydrogen-bond donors (Lipinski definition) is 1. The molecule has 0 aliphatic carbocycles. The lowest BCUT2D eigenvalue weighted by Crippen LogP contribution is -3.19. The molecule has 7 heteroatoms. The minimum absolute atomic E-state index is 0.140. The summed E-state index contributed by atoms with van der Waals surface area (Å²) in [4.78, 5) is 5.66. The molecule has 3 unspecified atom stereocenters. The zero-order chi connectivity index (χ0) is 20.1. The van der Waals surface area contributed by atoms with Gasteiger partial charge in [0.25, 0.3) is 0 Å². The van der Waals surface area contributed by atoms with E-state index in [1.165, 1.54) is 0 Å². The van der Waals surface area contributed by atoms with E-state index in [2.05, 4.69) is 0 Å². The van der Waals surface area contributed by atoms with Crippen molar-refractivity contribution < 1.29 is 29.0 Å². The van der Waals surface area contributed by atoms with Crippen LogP contribution in [0.15, 0.2) is 54.6 Å². The molecular formula is C22H27NO6. The summed E-state index contributed by atoms with van der Waals surface area (Å²) >= 11 is 0. The van der Waals surface area contributed by atoms with Gasteiger partial charge in [0.1, 0.15) is 25.4 Å². The molecule has 7 nitrogen and oxygen atoms in total. The number of quaternary nitrogens is 1. The van der Waals surface area contributed by atoms with E-state index >= 15 is 0 Å². The fourth-order valence-electron chi connectivity index (χ4n) is 2.90. The van der Waals surface area contributed by atoms with Gasteiger partial charge in [-0.05, 0) is 30.2 Å². The Morgan fingerprint density at radius 3 is 1.93 bits per heavy atom. The highest BCUT2D eigenvalue weighted by Gasteiger charge is 2.37. The minimum atomic E-state index is -0.915. The topological polar surface area (TPSA) is 80.2 Å². The Morgan fingerprint density at radius 1 is 0.897 bits per heavy atom. The van der Waals surface area contributed by atoms with Crippen molar-refractivity contribution in [3.05, 3.63) is 59.8 Å². The lowest BCUT2D eigenvalue weighted by molar-refractivity contribution is -1.06. The van der Waals surface area contributed by atoms with Gasteiger partial charge >= 0.3 is 0 Å². The third-order valence-electron chi connectivity index (χ3n) is 4.92. The van der Waals surface area contributed by atoms with E-state index in [0.717, 1.165) is 11.1 Å². The van der Waals surface area contributed by atoms with Crippen LogP contribution in [-0.2, 0) is 18.9 Å². The second-order valence-electron chi connectivity index (χ2n) is 7.78. The van der Waals surface area contributed by atoms with Crippen LogP contribution in [0.2, 0.25) is 0 Å². The van der Waals surface area contributed by atoms with Crippen molar-refractivity contribution in [2.24, 2.45) is 0 Å². The molecule has 0 aromatic heterocycles. The third-order valence-corrected chi connectivity index (χ3v) is 4.92. The molecule has 2 heterocycles. The SMILES string of the molecule is CC(COCC1CO1)(COCC1CO1)[NH+]([O-])Oc1ccc(-c2ccccc2)cc1. The van der Waals surface area contributed by atoms with Gasteiger partial charge in [0.05, 0.1) is 26.4 Å². The molecule has 2 aliphatic rings. The Hall–Kier alpha value is -2.00. The summed E-state index contributed by atoms with van der Waals surface area (Å²) in [5.41, 5.74) is 1.26. The van der Waals surface area contributed by atoms with Crippen LogP contribution in [-0.4, -0.2) is 57.4 Å². The lowest BCUT2D eigenvalue weighted by atomic mass is 10.1. The van der Waals surface area contributed by atoms with Crippen LogP contribution in [0.25, 0.3) is 11.1 Å². The van der Waals surface area contributed by atoms with Gasteiger partial charge in [-0.1, -0.05) is 42.5 Å². The van der Waals surface area contributed by atoms with Gasteiger partial charge in [-0.25, -0.2) is 0 Å². The first-order chi connectivity index (χ1) is 14.1. The summed E-state index contributed by atoms with van der Waals surface area (Å²) in [6, 6.07) is 17.5. The standard InChI is InChI=1S/C22H27NO6/c1-22(15-25-11-20-13-27-20,16-26-12-21-14-28-21)23(24)29-19-9-7-18(8-10-19)17-5-3-2-4-6-17/h2-10,20-21,23H,11-16H2,1H3. The molecule has 0 radical (unpaired) electrons. The van der Waals surface area contributed by atoms with Crippen molar-refractivity contribution in [3.8, 4) is 16.9 Å². The zero-order valence-electron chi connectivity index (χ0n) is 16.5. The van der Waals surface area contributed by atoms with Crippen LogP contribution < -0.4 is 10.1 Å². The van der Waals surface area contributed by atoms with E-state index in [4.69, 9.17) is 23.8 Å². The number of hydrogen-bond acceptors (Lipinski definition) is 6. The van der Waals surface area contributed by atoms with Gasteiger partial charge < -0.3 is 29.0 Å². The van der Waals surface area contributed by atoms with Crippen LogP contribution in [0.3, 0.4) is 0 Å². The molecule has 0 spiro atoms. The van der Waals surface area contributed by atoms with Crippen molar-refractivity contribution in [1.29, 1.82) is 0 Å².